The van der Waals surface area contributed by atoms with Crippen LogP contribution in [0.2, 0.25) is 0 Å². The number of carbonyl (C=O) groups excluding carboxylic acids is 2. The molecule has 0 unspecified atom stereocenters. The molecule has 2 amide bonds. The van der Waals surface area contributed by atoms with E-state index in [1.165, 1.54) is 5.56 Å². The first-order valence-electron chi connectivity index (χ1n) is 7.99. The van der Waals surface area contributed by atoms with Gasteiger partial charge in [-0.15, -0.1) is 0 Å². The summed E-state index contributed by atoms with van der Waals surface area (Å²) in [4.78, 5) is 26.0. The van der Waals surface area contributed by atoms with E-state index in [-0.39, 0.29) is 11.8 Å². The first kappa shape index (κ1) is 16.5. The zero-order chi connectivity index (χ0) is 16.9. The van der Waals surface area contributed by atoms with Crippen molar-refractivity contribution in [1.82, 2.24) is 10.2 Å². The highest BCUT2D eigenvalue weighted by Gasteiger charge is 2.31. The Bertz CT molecular complexity index is 731. The van der Waals surface area contributed by atoms with Gasteiger partial charge in [0.05, 0.1) is 0 Å². The van der Waals surface area contributed by atoms with Crippen LogP contribution in [-0.2, 0) is 11.3 Å². The molecule has 124 valence electrons. The lowest BCUT2D eigenvalue weighted by atomic mass is 10.1. The fraction of sp³-hybridized carbons (Fsp3) is 0.263. The third kappa shape index (κ3) is 4.11. The summed E-state index contributed by atoms with van der Waals surface area (Å²) in [5.74, 6) is -0.0728. The van der Waals surface area contributed by atoms with Gasteiger partial charge < -0.3 is 10.2 Å². The molecule has 5 heteroatoms. The van der Waals surface area contributed by atoms with Crippen molar-refractivity contribution in [2.75, 3.05) is 7.05 Å². The van der Waals surface area contributed by atoms with E-state index in [9.17, 15) is 9.59 Å². The number of carbonyl (C=O) groups is 2. The molecular weight excluding hydrogens is 320 g/mol. The van der Waals surface area contributed by atoms with Crippen molar-refractivity contribution < 1.29 is 9.59 Å². The third-order valence-corrected chi connectivity index (χ3v) is 4.75. The maximum Gasteiger partial charge on any atom is 0.251 e. The summed E-state index contributed by atoms with van der Waals surface area (Å²) in [7, 11) is 1.61. The minimum Gasteiger partial charge on any atom is -0.355 e. The maximum absolute atomic E-state index is 12.5. The van der Waals surface area contributed by atoms with E-state index < -0.39 is 0 Å². The predicted molar refractivity (Wildman–Crippen MR) is 96.8 cm³/mol. The molecular formula is C19H20N2O2S. The van der Waals surface area contributed by atoms with E-state index in [1.54, 1.807) is 42.7 Å². The van der Waals surface area contributed by atoms with Crippen LogP contribution in [0.15, 0.2) is 47.2 Å². The van der Waals surface area contributed by atoms with Crippen molar-refractivity contribution >= 4 is 29.2 Å². The van der Waals surface area contributed by atoms with Gasteiger partial charge in [-0.05, 0) is 59.0 Å². The molecule has 1 N–H and O–H groups in total. The van der Waals surface area contributed by atoms with Crippen molar-refractivity contribution in [2.45, 2.75) is 25.4 Å². The van der Waals surface area contributed by atoms with E-state index in [1.807, 2.05) is 22.4 Å². The van der Waals surface area contributed by atoms with Crippen LogP contribution in [-0.4, -0.2) is 29.8 Å². The first-order valence-corrected chi connectivity index (χ1v) is 8.93. The molecule has 0 atom stereocenters. The van der Waals surface area contributed by atoms with Gasteiger partial charge in [0.2, 0.25) is 5.91 Å². The molecule has 0 radical (unpaired) electrons. The highest BCUT2D eigenvalue weighted by Crippen LogP contribution is 2.29. The number of rotatable bonds is 6. The van der Waals surface area contributed by atoms with Gasteiger partial charge in [0.15, 0.2) is 0 Å². The van der Waals surface area contributed by atoms with Crippen LogP contribution < -0.4 is 5.32 Å². The third-order valence-electron chi connectivity index (χ3n) is 4.02. The molecule has 0 spiro atoms. The lowest BCUT2D eigenvalue weighted by Crippen LogP contribution is -2.30. The topological polar surface area (TPSA) is 49.4 Å². The summed E-state index contributed by atoms with van der Waals surface area (Å²) in [6.07, 6.45) is 5.60. The second-order valence-electron chi connectivity index (χ2n) is 5.86. The molecule has 4 nitrogen and oxygen atoms in total. The van der Waals surface area contributed by atoms with Crippen LogP contribution in [0.4, 0.5) is 0 Å². The van der Waals surface area contributed by atoms with Gasteiger partial charge in [-0.25, -0.2) is 0 Å². The zero-order valence-electron chi connectivity index (χ0n) is 13.6. The van der Waals surface area contributed by atoms with E-state index >= 15 is 0 Å². The molecule has 1 fully saturated rings. The van der Waals surface area contributed by atoms with Crippen LogP contribution in [0, 0.1) is 0 Å². The summed E-state index contributed by atoms with van der Waals surface area (Å²) in [6.45, 7) is 0.674. The van der Waals surface area contributed by atoms with Gasteiger partial charge in [-0.1, -0.05) is 12.1 Å². The summed E-state index contributed by atoms with van der Waals surface area (Å²) in [5, 5.41) is 6.71. The smallest absolute Gasteiger partial charge is 0.251 e. The summed E-state index contributed by atoms with van der Waals surface area (Å²) < 4.78 is 0. The fourth-order valence-electron chi connectivity index (χ4n) is 2.51. The highest BCUT2D eigenvalue weighted by molar-refractivity contribution is 7.07. The Morgan fingerprint density at radius 2 is 2.00 bits per heavy atom. The van der Waals surface area contributed by atoms with E-state index in [0.29, 0.717) is 18.2 Å². The fourth-order valence-corrected chi connectivity index (χ4v) is 3.17. The Morgan fingerprint density at radius 3 is 2.58 bits per heavy atom. The molecule has 1 heterocycles. The highest BCUT2D eigenvalue weighted by atomic mass is 32.1. The van der Waals surface area contributed by atoms with Gasteiger partial charge in [0, 0.05) is 31.3 Å². The van der Waals surface area contributed by atoms with Gasteiger partial charge in [-0.3, -0.25) is 9.59 Å². The average molecular weight is 340 g/mol. The Labute approximate surface area is 145 Å². The number of benzene rings is 1. The Hall–Kier alpha value is -2.40. The van der Waals surface area contributed by atoms with E-state index in [2.05, 4.69) is 16.8 Å². The molecule has 1 saturated carbocycles. The number of hydrogen-bond acceptors (Lipinski definition) is 3. The predicted octanol–water partition coefficient (Wildman–Crippen LogP) is 3.31. The standard InChI is InChI=1S/C19H20N2O2S/c1-20-19(23)16-5-2-14(3-6-16)4-9-18(22)21(17-7-8-17)12-15-10-11-24-13-15/h2-6,9-11,13,17H,7-8,12H2,1H3,(H,20,23)/b9-4-. The van der Waals surface area contributed by atoms with Crippen LogP contribution in [0.25, 0.3) is 6.08 Å². The maximum atomic E-state index is 12.5. The molecule has 3 rings (SSSR count). The summed E-state index contributed by atoms with van der Waals surface area (Å²) >= 11 is 1.65. The minimum atomic E-state index is -0.114. The normalized spacial score (nSPS) is 13.9. The van der Waals surface area contributed by atoms with Crippen molar-refractivity contribution in [2.24, 2.45) is 0 Å². The second-order valence-corrected chi connectivity index (χ2v) is 6.64. The van der Waals surface area contributed by atoms with Crippen molar-refractivity contribution in [3.8, 4) is 0 Å². The van der Waals surface area contributed by atoms with Crippen molar-refractivity contribution in [3.05, 3.63) is 63.9 Å². The molecule has 1 aromatic carbocycles. The summed E-state index contributed by atoms with van der Waals surface area (Å²) in [6, 6.07) is 9.63. The molecule has 1 aliphatic carbocycles. The van der Waals surface area contributed by atoms with Crippen LogP contribution in [0.5, 0.6) is 0 Å². The number of nitrogens with one attached hydrogen (secondary N) is 1. The number of amides is 2. The van der Waals surface area contributed by atoms with Gasteiger partial charge in [0.25, 0.3) is 5.91 Å². The number of nitrogens with zero attached hydrogens (tertiary/aromatic N) is 1. The van der Waals surface area contributed by atoms with Crippen LogP contribution in [0.1, 0.15) is 34.3 Å². The molecule has 0 aliphatic heterocycles. The Balaban J connectivity index is 1.65. The Morgan fingerprint density at radius 1 is 1.25 bits per heavy atom. The zero-order valence-corrected chi connectivity index (χ0v) is 14.4. The van der Waals surface area contributed by atoms with Crippen LogP contribution in [0.3, 0.4) is 0 Å². The number of hydrogen-bond donors (Lipinski definition) is 1. The lowest BCUT2D eigenvalue weighted by Gasteiger charge is -2.20. The van der Waals surface area contributed by atoms with Crippen molar-refractivity contribution in [3.63, 3.8) is 0 Å². The molecule has 2 aromatic rings. The first-order chi connectivity index (χ1) is 11.7. The minimum absolute atomic E-state index is 0.0408. The van der Waals surface area contributed by atoms with Crippen molar-refractivity contribution in [1.29, 1.82) is 0 Å². The SMILES string of the molecule is CNC(=O)c1ccc(/C=C\C(=O)N(Cc2ccsc2)C2CC2)cc1. The molecule has 0 saturated heterocycles. The molecule has 0 bridgehead atoms. The van der Waals surface area contributed by atoms with Gasteiger partial charge in [-0.2, -0.15) is 11.3 Å². The summed E-state index contributed by atoms with van der Waals surface area (Å²) in [5.41, 5.74) is 2.70. The lowest BCUT2D eigenvalue weighted by molar-refractivity contribution is -0.127. The van der Waals surface area contributed by atoms with E-state index in [4.69, 9.17) is 0 Å². The second kappa shape index (κ2) is 7.45. The quantitative estimate of drug-likeness (QED) is 0.820. The largest absolute Gasteiger partial charge is 0.355 e. The molecule has 1 aromatic heterocycles. The van der Waals surface area contributed by atoms with Gasteiger partial charge in [0.1, 0.15) is 0 Å². The molecule has 24 heavy (non-hydrogen) atoms. The Kier molecular flexibility index (Phi) is 5.11. The molecule has 1 aliphatic rings. The monoisotopic (exact) mass is 340 g/mol. The average Bonchev–Trinajstić information content (AvgIpc) is 3.33. The van der Waals surface area contributed by atoms with E-state index in [0.717, 1.165) is 18.4 Å². The number of thiophene rings is 1. The van der Waals surface area contributed by atoms with Gasteiger partial charge >= 0.3 is 0 Å². The van der Waals surface area contributed by atoms with Crippen LogP contribution >= 0.6 is 11.3 Å².